The second-order valence-electron chi connectivity index (χ2n) is 2.51. The minimum Gasteiger partial charge on any atom is -0.440 e. The minimum absolute atomic E-state index is 1.00. The zero-order valence-corrected chi connectivity index (χ0v) is 7.81. The zero-order chi connectivity index (χ0) is 13.7. The maximum absolute atomic E-state index is 11.5. The molecule has 1 N–H and O–H groups in total. The fourth-order valence-electron chi connectivity index (χ4n) is 0.450. The van der Waals surface area contributed by atoms with Gasteiger partial charge in [-0.3, -0.25) is 0 Å². The van der Waals surface area contributed by atoms with Crippen molar-refractivity contribution < 1.29 is 45.4 Å². The van der Waals surface area contributed by atoms with Crippen molar-refractivity contribution in [2.75, 3.05) is 13.2 Å². The lowest BCUT2D eigenvalue weighted by Crippen LogP contribution is -2.35. The van der Waals surface area contributed by atoms with Crippen molar-refractivity contribution in [1.29, 1.82) is 0 Å². The molecule has 0 unspecified atom stereocenters. The Morgan fingerprint density at radius 2 is 1.12 bits per heavy atom. The predicted molar refractivity (Wildman–Crippen MR) is 37.9 cm³/mol. The number of imide groups is 1. The molecule has 0 saturated heterocycles. The highest BCUT2D eigenvalue weighted by molar-refractivity contribution is 5.87. The van der Waals surface area contributed by atoms with Gasteiger partial charge in [0.1, 0.15) is 0 Å². The summed E-state index contributed by atoms with van der Waals surface area (Å²) < 4.78 is 75.8. The lowest BCUT2D eigenvalue weighted by molar-refractivity contribution is -0.162. The van der Waals surface area contributed by atoms with E-state index in [0.29, 0.717) is 0 Å². The summed E-state index contributed by atoms with van der Waals surface area (Å²) >= 11 is 0. The molecular weight excluding hydrogens is 264 g/mol. The van der Waals surface area contributed by atoms with Gasteiger partial charge >= 0.3 is 24.5 Å². The number of nitrogens with one attached hydrogen (secondary N) is 1. The van der Waals surface area contributed by atoms with E-state index in [1.807, 2.05) is 0 Å². The van der Waals surface area contributed by atoms with Gasteiger partial charge in [-0.1, -0.05) is 0 Å². The monoisotopic (exact) mass is 269 g/mol. The molecule has 17 heavy (non-hydrogen) atoms. The van der Waals surface area contributed by atoms with E-state index in [1.165, 1.54) is 0 Å². The Hall–Kier alpha value is -1.68. The van der Waals surface area contributed by atoms with E-state index in [2.05, 4.69) is 9.47 Å². The van der Waals surface area contributed by atoms with Crippen LogP contribution >= 0.6 is 0 Å². The van der Waals surface area contributed by atoms with Gasteiger partial charge in [-0.2, -0.15) is 26.3 Å². The molecular formula is C6H5F6NO4. The van der Waals surface area contributed by atoms with Crippen LogP contribution in [-0.2, 0) is 9.47 Å². The van der Waals surface area contributed by atoms with Crippen molar-refractivity contribution in [3.05, 3.63) is 0 Å². The normalized spacial score (nSPS) is 11.9. The number of hydrogen-bond donors (Lipinski definition) is 1. The average molecular weight is 269 g/mol. The van der Waals surface area contributed by atoms with Crippen molar-refractivity contribution in [2.24, 2.45) is 0 Å². The van der Waals surface area contributed by atoms with Crippen LogP contribution in [0.15, 0.2) is 0 Å². The Morgan fingerprint density at radius 1 is 0.824 bits per heavy atom. The standard InChI is InChI=1S/C6H5F6NO4/c7-5(8,9)1-16-3(14)13-4(15)17-2-6(10,11)12/h1-2H2,(H,13,14,15). The Balaban J connectivity index is 3.86. The smallest absolute Gasteiger partial charge is 0.422 e. The van der Waals surface area contributed by atoms with Gasteiger partial charge in [0.05, 0.1) is 0 Å². The van der Waals surface area contributed by atoms with Crippen LogP contribution in [-0.4, -0.2) is 37.8 Å². The highest BCUT2D eigenvalue weighted by atomic mass is 19.4. The number of amides is 2. The molecule has 0 rings (SSSR count). The Kier molecular flexibility index (Phi) is 5.04. The van der Waals surface area contributed by atoms with E-state index >= 15 is 0 Å². The summed E-state index contributed by atoms with van der Waals surface area (Å²) in [4.78, 5) is 20.8. The molecule has 2 amide bonds. The molecule has 0 bridgehead atoms. The summed E-state index contributed by atoms with van der Waals surface area (Å²) in [5, 5.41) is 1.00. The summed E-state index contributed by atoms with van der Waals surface area (Å²) in [6.45, 7) is -3.96. The van der Waals surface area contributed by atoms with Crippen molar-refractivity contribution in [2.45, 2.75) is 12.4 Å². The van der Waals surface area contributed by atoms with E-state index < -0.39 is 37.8 Å². The fourth-order valence-corrected chi connectivity index (χ4v) is 0.450. The van der Waals surface area contributed by atoms with Gasteiger partial charge in [0.15, 0.2) is 13.2 Å². The number of alkyl carbamates (subject to hydrolysis) is 2. The molecule has 0 heterocycles. The Labute approximate surface area is 89.7 Å². The second-order valence-corrected chi connectivity index (χ2v) is 2.51. The molecule has 0 radical (unpaired) electrons. The van der Waals surface area contributed by atoms with Crippen LogP contribution in [0.1, 0.15) is 0 Å². The highest BCUT2D eigenvalue weighted by Crippen LogP contribution is 2.15. The van der Waals surface area contributed by atoms with Crippen LogP contribution in [0.25, 0.3) is 0 Å². The van der Waals surface area contributed by atoms with Crippen molar-refractivity contribution in [3.63, 3.8) is 0 Å². The van der Waals surface area contributed by atoms with Gasteiger partial charge in [-0.25, -0.2) is 14.9 Å². The molecule has 0 aromatic carbocycles. The lowest BCUT2D eigenvalue weighted by atomic mass is 10.7. The number of carbonyl (C=O) groups excluding carboxylic acids is 2. The quantitative estimate of drug-likeness (QED) is 0.778. The van der Waals surface area contributed by atoms with E-state index in [1.54, 1.807) is 0 Å². The van der Waals surface area contributed by atoms with Gasteiger partial charge in [0.2, 0.25) is 0 Å². The molecule has 0 aromatic heterocycles. The van der Waals surface area contributed by atoms with Gasteiger partial charge < -0.3 is 9.47 Å². The molecule has 0 fully saturated rings. The fraction of sp³-hybridized carbons (Fsp3) is 0.667. The van der Waals surface area contributed by atoms with Crippen LogP contribution < -0.4 is 5.32 Å². The zero-order valence-electron chi connectivity index (χ0n) is 7.81. The topological polar surface area (TPSA) is 64.6 Å². The molecule has 11 heteroatoms. The molecule has 0 aromatic rings. The summed E-state index contributed by atoms with van der Waals surface area (Å²) in [5.74, 6) is 0. The van der Waals surface area contributed by atoms with Crippen molar-refractivity contribution in [1.82, 2.24) is 5.32 Å². The van der Waals surface area contributed by atoms with Crippen LogP contribution in [0.5, 0.6) is 0 Å². The number of halogens is 6. The number of ether oxygens (including phenoxy) is 2. The molecule has 0 atom stereocenters. The first-order chi connectivity index (χ1) is 7.49. The third-order valence-electron chi connectivity index (χ3n) is 0.938. The lowest BCUT2D eigenvalue weighted by Gasteiger charge is -2.09. The number of carbonyl (C=O) groups is 2. The van der Waals surface area contributed by atoms with Crippen molar-refractivity contribution >= 4 is 12.2 Å². The van der Waals surface area contributed by atoms with E-state index in [4.69, 9.17) is 0 Å². The average Bonchev–Trinajstić information content (AvgIpc) is 2.09. The van der Waals surface area contributed by atoms with Crippen LogP contribution in [0.2, 0.25) is 0 Å². The van der Waals surface area contributed by atoms with Gasteiger partial charge in [0.25, 0.3) is 0 Å². The van der Waals surface area contributed by atoms with Gasteiger partial charge in [0, 0.05) is 0 Å². The minimum atomic E-state index is -4.81. The summed E-state index contributed by atoms with van der Waals surface area (Å²) in [6.07, 6.45) is -13.4. The maximum Gasteiger partial charge on any atom is 0.422 e. The van der Waals surface area contributed by atoms with Crippen molar-refractivity contribution in [3.8, 4) is 0 Å². The largest absolute Gasteiger partial charge is 0.440 e. The van der Waals surface area contributed by atoms with E-state index in [-0.39, 0.29) is 0 Å². The van der Waals surface area contributed by atoms with E-state index in [0.717, 1.165) is 5.32 Å². The SMILES string of the molecule is O=C(NC(=O)OCC(F)(F)F)OCC(F)(F)F. The Morgan fingerprint density at radius 3 is 1.35 bits per heavy atom. The molecule has 0 aliphatic carbocycles. The molecule has 0 spiro atoms. The molecule has 5 nitrogen and oxygen atoms in total. The van der Waals surface area contributed by atoms with Crippen LogP contribution in [0.4, 0.5) is 35.9 Å². The van der Waals surface area contributed by atoms with Crippen LogP contribution in [0.3, 0.4) is 0 Å². The molecule has 0 aliphatic rings. The highest BCUT2D eigenvalue weighted by Gasteiger charge is 2.31. The third-order valence-corrected chi connectivity index (χ3v) is 0.938. The first-order valence-electron chi connectivity index (χ1n) is 3.73. The number of alkyl halides is 6. The first kappa shape index (κ1) is 15.3. The number of rotatable bonds is 2. The number of hydrogen-bond acceptors (Lipinski definition) is 4. The maximum atomic E-state index is 11.5. The predicted octanol–water partition coefficient (Wildman–Crippen LogP) is 1.97. The third kappa shape index (κ3) is 10.6. The molecule has 100 valence electrons. The van der Waals surface area contributed by atoms with E-state index in [9.17, 15) is 35.9 Å². The summed E-state index contributed by atoms with van der Waals surface area (Å²) in [6, 6.07) is 0. The second kappa shape index (κ2) is 5.59. The Bertz CT molecular complexity index is 257. The summed E-state index contributed by atoms with van der Waals surface area (Å²) in [5.41, 5.74) is 0. The van der Waals surface area contributed by atoms with Gasteiger partial charge in [-0.05, 0) is 0 Å². The summed E-state index contributed by atoms with van der Waals surface area (Å²) in [7, 11) is 0. The first-order valence-corrected chi connectivity index (χ1v) is 3.73. The van der Waals surface area contributed by atoms with Crippen LogP contribution in [0, 0.1) is 0 Å². The molecule has 0 aliphatic heterocycles. The molecule has 0 saturated carbocycles. The van der Waals surface area contributed by atoms with Gasteiger partial charge in [-0.15, -0.1) is 0 Å².